The van der Waals surface area contributed by atoms with Gasteiger partial charge >= 0.3 is 5.69 Å². The number of nitro benzene ring substituents is 1. The maximum atomic E-state index is 11.0. The minimum absolute atomic E-state index is 0.0961. The predicted octanol–water partition coefficient (Wildman–Crippen LogP) is 3.98. The SMILES string of the molecule is CCNc1cc(Oc2ccc(Br)cc2[N+](=O)[O-])ccn1. The molecule has 0 saturated heterocycles. The lowest BCUT2D eigenvalue weighted by molar-refractivity contribution is -0.385. The van der Waals surface area contributed by atoms with Gasteiger partial charge in [0.25, 0.3) is 0 Å². The van der Waals surface area contributed by atoms with Crippen LogP contribution in [-0.4, -0.2) is 16.5 Å². The Labute approximate surface area is 124 Å². The van der Waals surface area contributed by atoms with Crippen molar-refractivity contribution < 1.29 is 9.66 Å². The lowest BCUT2D eigenvalue weighted by Gasteiger charge is -2.08. The Kier molecular flexibility index (Phi) is 4.52. The molecular formula is C13H12BrN3O3. The van der Waals surface area contributed by atoms with Gasteiger partial charge in [0.05, 0.1) is 4.92 Å². The molecule has 0 bridgehead atoms. The molecule has 0 aliphatic heterocycles. The van der Waals surface area contributed by atoms with Gasteiger partial charge in [-0.25, -0.2) is 4.98 Å². The first-order chi connectivity index (χ1) is 9.60. The van der Waals surface area contributed by atoms with Crippen LogP contribution in [0.2, 0.25) is 0 Å². The minimum Gasteiger partial charge on any atom is -0.450 e. The molecule has 104 valence electrons. The average molecular weight is 338 g/mol. The maximum absolute atomic E-state index is 11.0. The number of halogens is 1. The van der Waals surface area contributed by atoms with Crippen molar-refractivity contribution in [2.75, 3.05) is 11.9 Å². The zero-order chi connectivity index (χ0) is 14.5. The molecule has 0 radical (unpaired) electrons. The third-order valence-corrected chi connectivity index (χ3v) is 2.93. The first-order valence-electron chi connectivity index (χ1n) is 5.92. The topological polar surface area (TPSA) is 77.3 Å². The van der Waals surface area contributed by atoms with E-state index >= 15 is 0 Å². The molecule has 7 heteroatoms. The lowest BCUT2D eigenvalue weighted by atomic mass is 10.3. The van der Waals surface area contributed by atoms with E-state index in [4.69, 9.17) is 4.74 Å². The fraction of sp³-hybridized carbons (Fsp3) is 0.154. The lowest BCUT2D eigenvalue weighted by Crippen LogP contribution is -1.99. The number of pyridine rings is 1. The Morgan fingerprint density at radius 3 is 2.90 bits per heavy atom. The molecule has 20 heavy (non-hydrogen) atoms. The molecular weight excluding hydrogens is 326 g/mol. The van der Waals surface area contributed by atoms with Gasteiger partial charge in [0.2, 0.25) is 5.75 Å². The summed E-state index contributed by atoms with van der Waals surface area (Å²) in [4.78, 5) is 14.6. The number of anilines is 1. The first kappa shape index (κ1) is 14.3. The molecule has 0 amide bonds. The van der Waals surface area contributed by atoms with Crippen molar-refractivity contribution in [1.82, 2.24) is 4.98 Å². The van der Waals surface area contributed by atoms with Crippen LogP contribution in [0.25, 0.3) is 0 Å². The summed E-state index contributed by atoms with van der Waals surface area (Å²) in [5.74, 6) is 1.33. The standard InChI is InChI=1S/C13H12BrN3O3/c1-2-15-13-8-10(5-6-16-13)20-12-4-3-9(14)7-11(12)17(18)19/h3-8H,2H2,1H3,(H,15,16). The van der Waals surface area contributed by atoms with E-state index in [1.165, 1.54) is 6.07 Å². The molecule has 1 aromatic carbocycles. The van der Waals surface area contributed by atoms with Crippen LogP contribution in [0.5, 0.6) is 11.5 Å². The summed E-state index contributed by atoms with van der Waals surface area (Å²) in [5, 5.41) is 14.1. The normalized spacial score (nSPS) is 10.1. The molecule has 0 atom stereocenters. The van der Waals surface area contributed by atoms with Crippen molar-refractivity contribution in [3.63, 3.8) is 0 Å². The molecule has 0 fully saturated rings. The smallest absolute Gasteiger partial charge is 0.312 e. The van der Waals surface area contributed by atoms with E-state index in [0.717, 1.165) is 6.54 Å². The highest BCUT2D eigenvalue weighted by molar-refractivity contribution is 9.10. The predicted molar refractivity (Wildman–Crippen MR) is 79.3 cm³/mol. The largest absolute Gasteiger partial charge is 0.450 e. The van der Waals surface area contributed by atoms with Gasteiger partial charge in [-0.3, -0.25) is 10.1 Å². The fourth-order valence-corrected chi connectivity index (χ4v) is 1.95. The van der Waals surface area contributed by atoms with E-state index < -0.39 is 4.92 Å². The summed E-state index contributed by atoms with van der Waals surface area (Å²) in [6.45, 7) is 2.68. The van der Waals surface area contributed by atoms with Gasteiger partial charge in [0.15, 0.2) is 0 Å². The van der Waals surface area contributed by atoms with Crippen LogP contribution in [0.3, 0.4) is 0 Å². The number of rotatable bonds is 5. The first-order valence-corrected chi connectivity index (χ1v) is 6.71. The number of nitrogens with zero attached hydrogens (tertiary/aromatic N) is 2. The summed E-state index contributed by atoms with van der Waals surface area (Å²) in [7, 11) is 0. The van der Waals surface area contributed by atoms with E-state index in [2.05, 4.69) is 26.2 Å². The molecule has 1 heterocycles. The number of benzene rings is 1. The third kappa shape index (κ3) is 3.45. The van der Waals surface area contributed by atoms with Crippen molar-refractivity contribution in [1.29, 1.82) is 0 Å². The highest BCUT2D eigenvalue weighted by Crippen LogP contribution is 2.33. The summed E-state index contributed by atoms with van der Waals surface area (Å²) in [6.07, 6.45) is 1.58. The Balaban J connectivity index is 2.30. The second kappa shape index (κ2) is 6.33. The molecule has 1 N–H and O–H groups in total. The van der Waals surface area contributed by atoms with Crippen molar-refractivity contribution in [2.45, 2.75) is 6.92 Å². The number of aromatic nitrogens is 1. The fourth-order valence-electron chi connectivity index (χ4n) is 1.60. The molecule has 2 rings (SSSR count). The summed E-state index contributed by atoms with van der Waals surface area (Å²) in [5.41, 5.74) is -0.0961. The van der Waals surface area contributed by atoms with Crippen molar-refractivity contribution >= 4 is 27.4 Å². The second-order valence-electron chi connectivity index (χ2n) is 3.88. The van der Waals surface area contributed by atoms with E-state index in [1.54, 1.807) is 30.5 Å². The quantitative estimate of drug-likeness (QED) is 0.659. The van der Waals surface area contributed by atoms with Crippen LogP contribution in [0.4, 0.5) is 11.5 Å². The van der Waals surface area contributed by atoms with Crippen LogP contribution in [0, 0.1) is 10.1 Å². The molecule has 0 spiro atoms. The second-order valence-corrected chi connectivity index (χ2v) is 4.79. The van der Waals surface area contributed by atoms with E-state index in [9.17, 15) is 10.1 Å². The number of hydrogen-bond acceptors (Lipinski definition) is 5. The van der Waals surface area contributed by atoms with Crippen molar-refractivity contribution in [2.24, 2.45) is 0 Å². The highest BCUT2D eigenvalue weighted by atomic mass is 79.9. The number of hydrogen-bond donors (Lipinski definition) is 1. The molecule has 6 nitrogen and oxygen atoms in total. The molecule has 0 unspecified atom stereocenters. The number of nitro groups is 1. The highest BCUT2D eigenvalue weighted by Gasteiger charge is 2.16. The maximum Gasteiger partial charge on any atom is 0.312 e. The van der Waals surface area contributed by atoms with Gasteiger partial charge < -0.3 is 10.1 Å². The summed E-state index contributed by atoms with van der Waals surface area (Å²) < 4.78 is 6.19. The van der Waals surface area contributed by atoms with Crippen LogP contribution in [0.1, 0.15) is 6.92 Å². The third-order valence-electron chi connectivity index (χ3n) is 2.43. The zero-order valence-electron chi connectivity index (χ0n) is 10.7. The zero-order valence-corrected chi connectivity index (χ0v) is 12.3. The molecule has 0 aliphatic carbocycles. The van der Waals surface area contributed by atoms with E-state index in [0.29, 0.717) is 16.0 Å². The van der Waals surface area contributed by atoms with Crippen LogP contribution in [-0.2, 0) is 0 Å². The number of ether oxygens (including phenoxy) is 1. The van der Waals surface area contributed by atoms with Gasteiger partial charge in [-0.2, -0.15) is 0 Å². The average Bonchev–Trinajstić information content (AvgIpc) is 2.41. The van der Waals surface area contributed by atoms with Crippen LogP contribution < -0.4 is 10.1 Å². The Morgan fingerprint density at radius 2 is 2.20 bits per heavy atom. The van der Waals surface area contributed by atoms with Gasteiger partial charge in [-0.1, -0.05) is 15.9 Å². The van der Waals surface area contributed by atoms with Crippen LogP contribution in [0.15, 0.2) is 41.0 Å². The van der Waals surface area contributed by atoms with Gasteiger partial charge in [-0.15, -0.1) is 0 Å². The van der Waals surface area contributed by atoms with Crippen molar-refractivity contribution in [3.05, 3.63) is 51.1 Å². The molecule has 0 aliphatic rings. The Morgan fingerprint density at radius 1 is 1.40 bits per heavy atom. The van der Waals surface area contributed by atoms with Crippen LogP contribution >= 0.6 is 15.9 Å². The summed E-state index contributed by atoms with van der Waals surface area (Å²) in [6, 6.07) is 7.98. The number of nitrogens with one attached hydrogen (secondary N) is 1. The summed E-state index contributed by atoms with van der Waals surface area (Å²) >= 11 is 3.20. The molecule has 1 aromatic heterocycles. The Hall–Kier alpha value is -2.15. The van der Waals surface area contributed by atoms with E-state index in [-0.39, 0.29) is 11.4 Å². The van der Waals surface area contributed by atoms with Gasteiger partial charge in [-0.05, 0) is 25.1 Å². The molecule has 0 saturated carbocycles. The monoisotopic (exact) mass is 337 g/mol. The van der Waals surface area contributed by atoms with Crippen molar-refractivity contribution in [3.8, 4) is 11.5 Å². The molecule has 2 aromatic rings. The minimum atomic E-state index is -0.480. The Bertz CT molecular complexity index is 634. The van der Waals surface area contributed by atoms with Gasteiger partial charge in [0, 0.05) is 29.3 Å². The van der Waals surface area contributed by atoms with Gasteiger partial charge in [0.1, 0.15) is 11.6 Å². The van der Waals surface area contributed by atoms with E-state index in [1.807, 2.05) is 6.92 Å².